The van der Waals surface area contributed by atoms with Crippen molar-refractivity contribution in [2.24, 2.45) is 17.1 Å². The van der Waals surface area contributed by atoms with Crippen molar-refractivity contribution in [3.63, 3.8) is 0 Å². The molecule has 3 nitrogen and oxygen atoms in total. The van der Waals surface area contributed by atoms with Crippen molar-refractivity contribution in [1.82, 2.24) is 9.78 Å². The Labute approximate surface area is 113 Å². The largest absolute Gasteiger partial charge is 0.323 e. The molecule has 2 unspecified atom stereocenters. The fraction of sp³-hybridized carbons (Fsp3) is 0.769. The number of nitrogens with zero attached hydrogens (tertiary/aromatic N) is 2. The second kappa shape index (κ2) is 5.53. The molecular formula is C13H24BrN3. The quantitative estimate of drug-likeness (QED) is 0.921. The highest BCUT2D eigenvalue weighted by Crippen LogP contribution is 2.34. The highest BCUT2D eigenvalue weighted by Gasteiger charge is 2.25. The molecule has 1 aromatic heterocycles. The maximum absolute atomic E-state index is 6.32. The van der Waals surface area contributed by atoms with Crippen LogP contribution in [-0.2, 0) is 6.54 Å². The topological polar surface area (TPSA) is 43.8 Å². The summed E-state index contributed by atoms with van der Waals surface area (Å²) in [5, 5.41) is 4.31. The van der Waals surface area contributed by atoms with Crippen LogP contribution in [0.1, 0.15) is 52.8 Å². The molecule has 0 radical (unpaired) electrons. The van der Waals surface area contributed by atoms with E-state index in [-0.39, 0.29) is 6.04 Å². The van der Waals surface area contributed by atoms with Gasteiger partial charge >= 0.3 is 0 Å². The van der Waals surface area contributed by atoms with Crippen LogP contribution in [0, 0.1) is 11.3 Å². The van der Waals surface area contributed by atoms with Crippen LogP contribution in [0.4, 0.5) is 0 Å². The second-order valence-electron chi connectivity index (χ2n) is 5.80. The zero-order valence-electron chi connectivity index (χ0n) is 11.5. The van der Waals surface area contributed by atoms with Gasteiger partial charge in [-0.15, -0.1) is 0 Å². The van der Waals surface area contributed by atoms with Crippen molar-refractivity contribution >= 4 is 15.9 Å². The van der Waals surface area contributed by atoms with Gasteiger partial charge in [0, 0.05) is 12.6 Å². The normalized spacial score (nSPS) is 15.9. The summed E-state index contributed by atoms with van der Waals surface area (Å²) in [5.41, 5.74) is 7.73. The van der Waals surface area contributed by atoms with Gasteiger partial charge in [-0.3, -0.25) is 4.68 Å². The zero-order chi connectivity index (χ0) is 13.2. The maximum Gasteiger partial charge on any atom is 0.0693 e. The molecule has 0 saturated carbocycles. The smallest absolute Gasteiger partial charge is 0.0693 e. The van der Waals surface area contributed by atoms with Crippen LogP contribution < -0.4 is 5.73 Å². The van der Waals surface area contributed by atoms with Crippen LogP contribution in [0.2, 0.25) is 0 Å². The van der Waals surface area contributed by atoms with Gasteiger partial charge in [-0.25, -0.2) is 0 Å². The van der Waals surface area contributed by atoms with Crippen molar-refractivity contribution in [2.45, 2.75) is 53.6 Å². The average molecular weight is 302 g/mol. The summed E-state index contributed by atoms with van der Waals surface area (Å²) in [6.07, 6.45) is 2.81. The van der Waals surface area contributed by atoms with Gasteiger partial charge in [0.25, 0.3) is 0 Å². The van der Waals surface area contributed by atoms with Gasteiger partial charge in [0.2, 0.25) is 0 Å². The first kappa shape index (κ1) is 14.7. The monoisotopic (exact) mass is 301 g/mol. The molecule has 0 aromatic carbocycles. The summed E-state index contributed by atoms with van der Waals surface area (Å²) in [6.45, 7) is 12.0. The Hall–Kier alpha value is -0.350. The minimum Gasteiger partial charge on any atom is -0.323 e. The molecule has 1 rings (SSSR count). The predicted octanol–water partition coefficient (Wildman–Crippen LogP) is 3.74. The van der Waals surface area contributed by atoms with E-state index >= 15 is 0 Å². The number of hydrogen-bond donors (Lipinski definition) is 1. The molecular weight excluding hydrogens is 278 g/mol. The van der Waals surface area contributed by atoms with E-state index < -0.39 is 0 Å². The predicted molar refractivity (Wildman–Crippen MR) is 75.8 cm³/mol. The summed E-state index contributed by atoms with van der Waals surface area (Å²) >= 11 is 3.54. The summed E-state index contributed by atoms with van der Waals surface area (Å²) in [4.78, 5) is 0. The van der Waals surface area contributed by atoms with Crippen LogP contribution >= 0.6 is 15.9 Å². The Morgan fingerprint density at radius 1 is 1.47 bits per heavy atom. The molecule has 4 heteroatoms. The van der Waals surface area contributed by atoms with E-state index in [9.17, 15) is 0 Å². The molecule has 2 N–H and O–H groups in total. The third-order valence-electron chi connectivity index (χ3n) is 3.57. The lowest BCUT2D eigenvalue weighted by Gasteiger charge is -2.29. The van der Waals surface area contributed by atoms with Crippen molar-refractivity contribution < 1.29 is 0 Å². The lowest BCUT2D eigenvalue weighted by atomic mass is 9.78. The van der Waals surface area contributed by atoms with Crippen molar-refractivity contribution in [1.29, 1.82) is 0 Å². The van der Waals surface area contributed by atoms with E-state index in [1.54, 1.807) is 0 Å². The van der Waals surface area contributed by atoms with Crippen LogP contribution in [0.3, 0.4) is 0 Å². The minimum absolute atomic E-state index is 0.0426. The number of rotatable bonds is 4. The van der Waals surface area contributed by atoms with E-state index in [1.807, 2.05) is 10.9 Å². The Kier molecular flexibility index (Phi) is 4.78. The Balaban J connectivity index is 2.83. The Morgan fingerprint density at radius 3 is 2.53 bits per heavy atom. The molecule has 0 bridgehead atoms. The van der Waals surface area contributed by atoms with Crippen LogP contribution in [0.5, 0.6) is 0 Å². The molecule has 1 heterocycles. The molecule has 1 aromatic rings. The number of nitrogens with two attached hydrogens (primary N) is 1. The standard InChI is InChI=1S/C13H24BrN3/c1-6-17-12(10(14)8-16-17)11(15)7-9(2)13(3,4)5/h8-9,11H,6-7,15H2,1-5H3. The molecule has 0 saturated heterocycles. The number of aryl methyl sites for hydroxylation is 1. The lowest BCUT2D eigenvalue weighted by molar-refractivity contribution is 0.231. The molecule has 0 aliphatic rings. The molecule has 2 atom stereocenters. The van der Waals surface area contributed by atoms with Crippen LogP contribution in [-0.4, -0.2) is 9.78 Å². The molecule has 0 amide bonds. The molecule has 0 aliphatic carbocycles. The van der Waals surface area contributed by atoms with E-state index in [4.69, 9.17) is 5.73 Å². The average Bonchev–Trinajstić information content (AvgIpc) is 2.57. The van der Waals surface area contributed by atoms with Gasteiger partial charge in [-0.05, 0) is 40.6 Å². The second-order valence-corrected chi connectivity index (χ2v) is 6.66. The van der Waals surface area contributed by atoms with E-state index in [2.05, 4.69) is 55.6 Å². The van der Waals surface area contributed by atoms with Gasteiger partial charge in [-0.1, -0.05) is 27.7 Å². The van der Waals surface area contributed by atoms with Crippen molar-refractivity contribution in [3.05, 3.63) is 16.4 Å². The summed E-state index contributed by atoms with van der Waals surface area (Å²) in [7, 11) is 0. The Bertz CT molecular complexity index is 365. The third-order valence-corrected chi connectivity index (χ3v) is 4.18. The highest BCUT2D eigenvalue weighted by atomic mass is 79.9. The summed E-state index contributed by atoms with van der Waals surface area (Å²) in [5.74, 6) is 0.574. The number of hydrogen-bond acceptors (Lipinski definition) is 2. The lowest BCUT2D eigenvalue weighted by Crippen LogP contribution is -2.25. The minimum atomic E-state index is 0.0426. The SMILES string of the molecule is CCn1ncc(Br)c1C(N)CC(C)C(C)(C)C. The van der Waals surface area contributed by atoms with Crippen LogP contribution in [0.25, 0.3) is 0 Å². The molecule has 17 heavy (non-hydrogen) atoms. The molecule has 98 valence electrons. The van der Waals surface area contributed by atoms with Crippen molar-refractivity contribution in [2.75, 3.05) is 0 Å². The number of halogens is 1. The maximum atomic E-state index is 6.32. The third kappa shape index (κ3) is 3.55. The summed E-state index contributed by atoms with van der Waals surface area (Å²) in [6, 6.07) is 0.0426. The van der Waals surface area contributed by atoms with Crippen molar-refractivity contribution in [3.8, 4) is 0 Å². The fourth-order valence-corrected chi connectivity index (χ4v) is 2.43. The molecule has 0 fully saturated rings. The van der Waals surface area contributed by atoms with Gasteiger partial charge in [0.05, 0.1) is 16.4 Å². The molecule has 0 spiro atoms. The van der Waals surface area contributed by atoms with Gasteiger partial charge in [0.1, 0.15) is 0 Å². The zero-order valence-corrected chi connectivity index (χ0v) is 13.1. The first-order valence-electron chi connectivity index (χ1n) is 6.24. The fourth-order valence-electron chi connectivity index (χ4n) is 1.84. The Morgan fingerprint density at radius 2 is 2.06 bits per heavy atom. The summed E-state index contributed by atoms with van der Waals surface area (Å²) < 4.78 is 3.00. The van der Waals surface area contributed by atoms with E-state index in [1.165, 1.54) is 0 Å². The number of aromatic nitrogens is 2. The van der Waals surface area contributed by atoms with Gasteiger partial charge in [0.15, 0.2) is 0 Å². The molecule has 0 aliphatic heterocycles. The van der Waals surface area contributed by atoms with E-state index in [0.717, 1.165) is 23.1 Å². The highest BCUT2D eigenvalue weighted by molar-refractivity contribution is 9.10. The van der Waals surface area contributed by atoms with Gasteiger partial charge < -0.3 is 5.73 Å². The van der Waals surface area contributed by atoms with E-state index in [0.29, 0.717) is 11.3 Å². The van der Waals surface area contributed by atoms with Gasteiger partial charge in [-0.2, -0.15) is 5.10 Å². The first-order chi connectivity index (χ1) is 7.77. The first-order valence-corrected chi connectivity index (χ1v) is 7.03. The van der Waals surface area contributed by atoms with Crippen LogP contribution in [0.15, 0.2) is 10.7 Å².